The molecular weight excluding hydrogens is 160 g/mol. The van der Waals surface area contributed by atoms with Crippen LogP contribution in [0.25, 0.3) is 0 Å². The van der Waals surface area contributed by atoms with E-state index in [2.05, 4.69) is 32.8 Å². The van der Waals surface area contributed by atoms with Crippen molar-refractivity contribution in [2.24, 2.45) is 5.92 Å². The number of methoxy groups -OCH3 is 1. The normalized spacial score (nSPS) is 16.4. The maximum absolute atomic E-state index is 5.37. The molecule has 0 rings (SSSR count). The van der Waals surface area contributed by atoms with Gasteiger partial charge in [0.05, 0.1) is 0 Å². The molecule has 0 saturated heterocycles. The predicted molar refractivity (Wildman–Crippen MR) is 57.5 cm³/mol. The van der Waals surface area contributed by atoms with E-state index in [4.69, 9.17) is 11.2 Å². The zero-order chi connectivity index (χ0) is 10.3. The van der Waals surface area contributed by atoms with Gasteiger partial charge in [-0.3, -0.25) is 0 Å². The summed E-state index contributed by atoms with van der Waals surface area (Å²) >= 11 is 0. The Morgan fingerprint density at radius 3 is 2.46 bits per heavy atom. The fourth-order valence-corrected chi connectivity index (χ4v) is 1.27. The van der Waals surface area contributed by atoms with Gasteiger partial charge in [-0.1, -0.05) is 31.4 Å². The summed E-state index contributed by atoms with van der Waals surface area (Å²) in [5, 5.41) is 0. The molecule has 0 aromatic carbocycles. The second-order valence-corrected chi connectivity index (χ2v) is 3.26. The van der Waals surface area contributed by atoms with Crippen molar-refractivity contribution in [2.45, 2.75) is 39.7 Å². The summed E-state index contributed by atoms with van der Waals surface area (Å²) in [6.45, 7) is 6.41. The SMILES string of the molecule is C#C[C@@H](OC)[C@@H](/C=C(/C)CC)CC. The zero-order valence-corrected chi connectivity index (χ0v) is 9.13. The quantitative estimate of drug-likeness (QED) is 0.467. The van der Waals surface area contributed by atoms with Gasteiger partial charge >= 0.3 is 0 Å². The molecule has 74 valence electrons. The molecule has 0 amide bonds. The van der Waals surface area contributed by atoms with Crippen LogP contribution in [0.5, 0.6) is 0 Å². The van der Waals surface area contributed by atoms with Gasteiger partial charge in [0.25, 0.3) is 0 Å². The number of hydrogen-bond donors (Lipinski definition) is 0. The first-order valence-electron chi connectivity index (χ1n) is 4.85. The number of rotatable bonds is 5. The van der Waals surface area contributed by atoms with E-state index in [1.54, 1.807) is 7.11 Å². The number of hydrogen-bond acceptors (Lipinski definition) is 1. The van der Waals surface area contributed by atoms with Crippen LogP contribution < -0.4 is 0 Å². The molecule has 0 aromatic rings. The highest BCUT2D eigenvalue weighted by molar-refractivity contribution is 5.08. The summed E-state index contributed by atoms with van der Waals surface area (Å²) in [4.78, 5) is 0. The maximum atomic E-state index is 5.37. The fraction of sp³-hybridized carbons (Fsp3) is 0.667. The summed E-state index contributed by atoms with van der Waals surface area (Å²) < 4.78 is 5.22. The lowest BCUT2D eigenvalue weighted by Crippen LogP contribution is -2.18. The Balaban J connectivity index is 4.42. The van der Waals surface area contributed by atoms with Crippen molar-refractivity contribution >= 4 is 0 Å². The summed E-state index contributed by atoms with van der Waals surface area (Å²) in [5.41, 5.74) is 1.38. The van der Waals surface area contributed by atoms with E-state index in [1.807, 2.05) is 0 Å². The third kappa shape index (κ3) is 4.15. The Kier molecular flexibility index (Phi) is 6.36. The van der Waals surface area contributed by atoms with Crippen LogP contribution >= 0.6 is 0 Å². The van der Waals surface area contributed by atoms with Gasteiger partial charge < -0.3 is 4.74 Å². The molecule has 13 heavy (non-hydrogen) atoms. The van der Waals surface area contributed by atoms with Gasteiger partial charge in [-0.25, -0.2) is 0 Å². The highest BCUT2D eigenvalue weighted by Gasteiger charge is 2.14. The predicted octanol–water partition coefficient (Wildman–Crippen LogP) is 3.02. The van der Waals surface area contributed by atoms with Crippen molar-refractivity contribution in [1.29, 1.82) is 0 Å². The topological polar surface area (TPSA) is 9.23 Å². The molecule has 0 saturated carbocycles. The van der Waals surface area contributed by atoms with Gasteiger partial charge in [-0.2, -0.15) is 0 Å². The van der Waals surface area contributed by atoms with Crippen LogP contribution in [0.2, 0.25) is 0 Å². The summed E-state index contributed by atoms with van der Waals surface area (Å²) in [6, 6.07) is 0. The Labute approximate surface area is 82.2 Å². The molecule has 2 atom stereocenters. The third-order valence-electron chi connectivity index (χ3n) is 2.33. The molecule has 0 heterocycles. The second-order valence-electron chi connectivity index (χ2n) is 3.26. The number of terminal acetylenes is 1. The summed E-state index contributed by atoms with van der Waals surface area (Å²) in [7, 11) is 1.67. The molecule has 0 aliphatic rings. The van der Waals surface area contributed by atoms with E-state index in [0.717, 1.165) is 12.8 Å². The minimum atomic E-state index is -0.0773. The van der Waals surface area contributed by atoms with E-state index in [9.17, 15) is 0 Å². The smallest absolute Gasteiger partial charge is 0.123 e. The van der Waals surface area contributed by atoms with Crippen LogP contribution in [-0.2, 0) is 4.74 Å². The van der Waals surface area contributed by atoms with Crippen molar-refractivity contribution in [3.63, 3.8) is 0 Å². The van der Waals surface area contributed by atoms with Gasteiger partial charge in [-0.15, -0.1) is 6.42 Å². The molecular formula is C12H20O. The number of ether oxygens (including phenoxy) is 1. The van der Waals surface area contributed by atoms with E-state index < -0.39 is 0 Å². The molecule has 0 bridgehead atoms. The highest BCUT2D eigenvalue weighted by Crippen LogP contribution is 2.16. The monoisotopic (exact) mass is 180 g/mol. The van der Waals surface area contributed by atoms with E-state index in [0.29, 0.717) is 5.92 Å². The van der Waals surface area contributed by atoms with Crippen LogP contribution in [0.3, 0.4) is 0 Å². The van der Waals surface area contributed by atoms with Crippen molar-refractivity contribution < 1.29 is 4.74 Å². The van der Waals surface area contributed by atoms with Crippen LogP contribution in [-0.4, -0.2) is 13.2 Å². The molecule has 1 nitrogen and oxygen atoms in total. The molecule has 0 unspecified atom stereocenters. The van der Waals surface area contributed by atoms with E-state index >= 15 is 0 Å². The molecule has 0 N–H and O–H groups in total. The van der Waals surface area contributed by atoms with Crippen LogP contribution in [0, 0.1) is 18.3 Å². The first-order chi connectivity index (χ1) is 6.19. The van der Waals surface area contributed by atoms with Crippen LogP contribution in [0.15, 0.2) is 11.6 Å². The Bertz CT molecular complexity index is 198. The average molecular weight is 180 g/mol. The van der Waals surface area contributed by atoms with E-state index in [1.165, 1.54) is 5.57 Å². The Morgan fingerprint density at radius 2 is 2.15 bits per heavy atom. The van der Waals surface area contributed by atoms with Crippen molar-refractivity contribution in [2.75, 3.05) is 7.11 Å². The van der Waals surface area contributed by atoms with Gasteiger partial charge in [0, 0.05) is 13.0 Å². The van der Waals surface area contributed by atoms with Crippen molar-refractivity contribution in [3.05, 3.63) is 11.6 Å². The second kappa shape index (κ2) is 6.74. The van der Waals surface area contributed by atoms with Gasteiger partial charge in [0.2, 0.25) is 0 Å². The van der Waals surface area contributed by atoms with Gasteiger partial charge in [-0.05, 0) is 19.8 Å². The summed E-state index contributed by atoms with van der Waals surface area (Å²) in [5.74, 6) is 3.02. The average Bonchev–Trinajstić information content (AvgIpc) is 2.17. The molecule has 0 fully saturated rings. The standard InChI is InChI=1S/C12H20O/c1-6-10(4)9-11(7-2)12(8-3)13-5/h3,9,11-12H,6-7H2,1-2,4-5H3/b10-9-/t11-,12-/m1/s1. The zero-order valence-electron chi connectivity index (χ0n) is 9.13. The number of allylic oxidation sites excluding steroid dienone is 1. The van der Waals surface area contributed by atoms with Crippen molar-refractivity contribution in [3.8, 4) is 12.3 Å². The fourth-order valence-electron chi connectivity index (χ4n) is 1.27. The van der Waals surface area contributed by atoms with Crippen LogP contribution in [0.4, 0.5) is 0 Å². The van der Waals surface area contributed by atoms with Crippen LogP contribution in [0.1, 0.15) is 33.6 Å². The lowest BCUT2D eigenvalue weighted by molar-refractivity contribution is 0.113. The maximum Gasteiger partial charge on any atom is 0.123 e. The molecule has 0 radical (unpaired) electrons. The minimum Gasteiger partial charge on any atom is -0.368 e. The Morgan fingerprint density at radius 1 is 1.54 bits per heavy atom. The van der Waals surface area contributed by atoms with Gasteiger partial charge in [0.15, 0.2) is 0 Å². The lowest BCUT2D eigenvalue weighted by Gasteiger charge is -2.17. The first kappa shape index (κ1) is 12.3. The largest absolute Gasteiger partial charge is 0.368 e. The molecule has 0 aliphatic carbocycles. The summed E-state index contributed by atoms with van der Waals surface area (Å²) in [6.07, 6.45) is 9.63. The first-order valence-corrected chi connectivity index (χ1v) is 4.85. The Hall–Kier alpha value is -0.740. The minimum absolute atomic E-state index is 0.0773. The third-order valence-corrected chi connectivity index (χ3v) is 2.33. The lowest BCUT2D eigenvalue weighted by atomic mass is 9.96. The molecule has 0 aromatic heterocycles. The molecule has 1 heteroatoms. The van der Waals surface area contributed by atoms with E-state index in [-0.39, 0.29) is 6.10 Å². The molecule has 0 aliphatic heterocycles. The molecule has 0 spiro atoms. The van der Waals surface area contributed by atoms with Crippen molar-refractivity contribution in [1.82, 2.24) is 0 Å². The van der Waals surface area contributed by atoms with Gasteiger partial charge in [0.1, 0.15) is 6.10 Å². The highest BCUT2D eigenvalue weighted by atomic mass is 16.5.